The van der Waals surface area contributed by atoms with Gasteiger partial charge in [0.2, 0.25) is 11.8 Å². The molecule has 0 aromatic heterocycles. The van der Waals surface area contributed by atoms with E-state index in [0.717, 1.165) is 10.5 Å². The number of imide groups is 1. The van der Waals surface area contributed by atoms with E-state index in [0.29, 0.717) is 33.7 Å². The molecule has 3 amide bonds. The Morgan fingerprint density at radius 2 is 1.63 bits per heavy atom. The van der Waals surface area contributed by atoms with Crippen LogP contribution in [0, 0.1) is 18.8 Å². The van der Waals surface area contributed by atoms with E-state index in [-0.39, 0.29) is 28.1 Å². The first-order valence-electron chi connectivity index (χ1n) is 10.8. The number of nitrogens with one attached hydrogen (secondary N) is 1. The van der Waals surface area contributed by atoms with Gasteiger partial charge in [0.25, 0.3) is 5.91 Å². The molecule has 35 heavy (non-hydrogen) atoms. The summed E-state index contributed by atoms with van der Waals surface area (Å²) in [4.78, 5) is 51.5. The third-order valence-electron chi connectivity index (χ3n) is 6.15. The highest BCUT2D eigenvalue weighted by Crippen LogP contribution is 2.43. The minimum atomic E-state index is -0.722. The molecule has 2 aliphatic rings. The molecule has 1 N–H and O–H groups in total. The first-order valence-corrected chi connectivity index (χ1v) is 12.8. The molecule has 0 radical (unpaired) electrons. The minimum Gasteiger partial charge on any atom is -0.452 e. The quantitative estimate of drug-likeness (QED) is 0.284. The number of anilines is 2. The zero-order valence-electron chi connectivity index (χ0n) is 18.4. The lowest BCUT2D eigenvalue weighted by Gasteiger charge is -2.28. The third kappa shape index (κ3) is 5.35. The van der Waals surface area contributed by atoms with Crippen LogP contribution in [0.5, 0.6) is 0 Å². The number of halogens is 4. The van der Waals surface area contributed by atoms with Crippen molar-refractivity contribution in [2.75, 3.05) is 16.8 Å². The maximum atomic E-state index is 12.9. The number of ether oxygens (including phenoxy) is 1. The standard InChI is InChI=1S/C24H20BrCl3N2O5/c1-11-6-16(25)17(26)9-20(11)29-21(31)10-35-24(34)12-2-4-13(5-3-12)30-22(32)14-7-18(27)19(28)8-15(14)23(30)33/h2-6,9,14-15,18-19H,7-8,10H2,1H3,(H,29,31)/t14-,15-,18-,19+/m1/s1. The number of fused-ring (bicyclic) bond motifs is 1. The fourth-order valence-corrected chi connectivity index (χ4v) is 5.49. The number of hydrogen-bond donors (Lipinski definition) is 1. The second-order valence-corrected chi connectivity index (χ2v) is 10.9. The fourth-order valence-electron chi connectivity index (χ4n) is 4.28. The van der Waals surface area contributed by atoms with Crippen molar-refractivity contribution in [3.8, 4) is 0 Å². The van der Waals surface area contributed by atoms with Gasteiger partial charge < -0.3 is 10.1 Å². The molecular formula is C24H20BrCl3N2O5. The number of carbonyl (C=O) groups excluding carboxylic acids is 4. The van der Waals surface area contributed by atoms with Crippen LogP contribution in [0.3, 0.4) is 0 Å². The monoisotopic (exact) mass is 600 g/mol. The number of rotatable bonds is 5. The maximum absolute atomic E-state index is 12.9. The second-order valence-electron chi connectivity index (χ2n) is 8.48. The van der Waals surface area contributed by atoms with E-state index < -0.39 is 30.3 Å². The van der Waals surface area contributed by atoms with E-state index >= 15 is 0 Å². The Hall–Kier alpha value is -2.13. The number of carbonyl (C=O) groups is 4. The average Bonchev–Trinajstić information content (AvgIpc) is 3.05. The Kier molecular flexibility index (Phi) is 7.76. The number of aryl methyl sites for hydroxylation is 1. The van der Waals surface area contributed by atoms with Gasteiger partial charge >= 0.3 is 5.97 Å². The summed E-state index contributed by atoms with van der Waals surface area (Å²) in [6.45, 7) is 1.30. The van der Waals surface area contributed by atoms with Crippen LogP contribution >= 0.6 is 50.7 Å². The molecule has 11 heteroatoms. The SMILES string of the molecule is Cc1cc(Br)c(Cl)cc1NC(=O)COC(=O)c1ccc(N2C(=O)[C@@H]3C[C@@H](Cl)[C@@H](Cl)C[C@H]3C2=O)cc1. The van der Waals surface area contributed by atoms with Crippen molar-refractivity contribution in [2.45, 2.75) is 30.5 Å². The van der Waals surface area contributed by atoms with E-state index in [9.17, 15) is 19.2 Å². The van der Waals surface area contributed by atoms with Crippen molar-refractivity contribution in [1.82, 2.24) is 0 Å². The topological polar surface area (TPSA) is 92.8 Å². The van der Waals surface area contributed by atoms with Gasteiger partial charge in [-0.2, -0.15) is 0 Å². The summed E-state index contributed by atoms with van der Waals surface area (Å²) in [6.07, 6.45) is 0.694. The van der Waals surface area contributed by atoms with Gasteiger partial charge in [-0.05, 0) is 77.7 Å². The van der Waals surface area contributed by atoms with Gasteiger partial charge in [0, 0.05) is 10.2 Å². The molecule has 2 fully saturated rings. The van der Waals surface area contributed by atoms with Crippen LogP contribution in [0.15, 0.2) is 40.9 Å². The van der Waals surface area contributed by atoms with Crippen molar-refractivity contribution in [2.24, 2.45) is 11.8 Å². The highest BCUT2D eigenvalue weighted by atomic mass is 79.9. The van der Waals surface area contributed by atoms with Crippen LogP contribution in [0.1, 0.15) is 28.8 Å². The highest BCUT2D eigenvalue weighted by molar-refractivity contribution is 9.10. The molecule has 1 saturated carbocycles. The van der Waals surface area contributed by atoms with E-state index in [1.165, 1.54) is 24.3 Å². The molecule has 0 bridgehead atoms. The van der Waals surface area contributed by atoms with Crippen LogP contribution in [0.25, 0.3) is 0 Å². The van der Waals surface area contributed by atoms with Crippen molar-refractivity contribution < 1.29 is 23.9 Å². The highest BCUT2D eigenvalue weighted by Gasteiger charge is 2.52. The maximum Gasteiger partial charge on any atom is 0.338 e. The predicted octanol–water partition coefficient (Wildman–Crippen LogP) is 5.32. The average molecular weight is 603 g/mol. The molecule has 2 aromatic carbocycles. The van der Waals surface area contributed by atoms with Gasteiger partial charge in [-0.1, -0.05) is 11.6 Å². The van der Waals surface area contributed by atoms with Crippen LogP contribution in [-0.4, -0.2) is 41.1 Å². The van der Waals surface area contributed by atoms with E-state index in [1.54, 1.807) is 19.1 Å². The van der Waals surface area contributed by atoms with Gasteiger partial charge in [0.05, 0.1) is 38.9 Å². The van der Waals surface area contributed by atoms with Gasteiger partial charge in [0.15, 0.2) is 6.61 Å². The number of hydrogen-bond acceptors (Lipinski definition) is 5. The van der Waals surface area contributed by atoms with Gasteiger partial charge in [-0.15, -0.1) is 23.2 Å². The predicted molar refractivity (Wildman–Crippen MR) is 137 cm³/mol. The molecule has 2 aromatic rings. The van der Waals surface area contributed by atoms with Crippen LogP contribution < -0.4 is 10.2 Å². The summed E-state index contributed by atoms with van der Waals surface area (Å²) in [6, 6.07) is 9.22. The molecule has 1 saturated heterocycles. The van der Waals surface area contributed by atoms with Crippen molar-refractivity contribution >= 4 is 85.8 Å². The van der Waals surface area contributed by atoms with E-state index in [4.69, 9.17) is 39.5 Å². The summed E-state index contributed by atoms with van der Waals surface area (Å²) in [5.74, 6) is -2.86. The lowest BCUT2D eigenvalue weighted by Crippen LogP contribution is -2.34. The lowest BCUT2D eigenvalue weighted by atomic mass is 9.80. The molecule has 184 valence electrons. The second kappa shape index (κ2) is 10.5. The zero-order chi connectivity index (χ0) is 25.4. The number of amides is 3. The van der Waals surface area contributed by atoms with Crippen LogP contribution in [0.4, 0.5) is 11.4 Å². The number of nitrogens with zero attached hydrogens (tertiary/aromatic N) is 1. The molecule has 1 heterocycles. The minimum absolute atomic E-state index is 0.169. The fraction of sp³-hybridized carbons (Fsp3) is 0.333. The Morgan fingerprint density at radius 3 is 2.20 bits per heavy atom. The molecule has 0 unspecified atom stereocenters. The smallest absolute Gasteiger partial charge is 0.338 e. The number of alkyl halides is 2. The van der Waals surface area contributed by atoms with Gasteiger partial charge in [-0.3, -0.25) is 19.3 Å². The van der Waals surface area contributed by atoms with Gasteiger partial charge in [0.1, 0.15) is 0 Å². The number of benzene rings is 2. The Labute approximate surface area is 225 Å². The summed E-state index contributed by atoms with van der Waals surface area (Å²) < 4.78 is 5.80. The Balaban J connectivity index is 1.37. The Morgan fingerprint density at radius 1 is 1.06 bits per heavy atom. The van der Waals surface area contributed by atoms with Crippen LogP contribution in [-0.2, 0) is 19.1 Å². The number of esters is 1. The Bertz CT molecular complexity index is 1180. The summed E-state index contributed by atoms with van der Waals surface area (Å²) >= 11 is 21.8. The summed E-state index contributed by atoms with van der Waals surface area (Å²) in [5.41, 5.74) is 1.81. The van der Waals surface area contributed by atoms with Crippen LogP contribution in [0.2, 0.25) is 5.02 Å². The lowest BCUT2D eigenvalue weighted by molar-refractivity contribution is -0.122. The normalized spacial score (nSPS) is 23.7. The first kappa shape index (κ1) is 25.9. The van der Waals surface area contributed by atoms with Crippen molar-refractivity contribution in [3.63, 3.8) is 0 Å². The van der Waals surface area contributed by atoms with E-state index in [1.807, 2.05) is 0 Å². The third-order valence-corrected chi connectivity index (χ3v) is 8.44. The van der Waals surface area contributed by atoms with Crippen molar-refractivity contribution in [3.05, 3.63) is 57.0 Å². The summed E-state index contributed by atoms with van der Waals surface area (Å²) in [7, 11) is 0. The van der Waals surface area contributed by atoms with E-state index in [2.05, 4.69) is 21.2 Å². The summed E-state index contributed by atoms with van der Waals surface area (Å²) in [5, 5.41) is 2.35. The molecule has 4 atom stereocenters. The molecule has 1 aliphatic heterocycles. The van der Waals surface area contributed by atoms with Gasteiger partial charge in [-0.25, -0.2) is 4.79 Å². The molecular weight excluding hydrogens is 583 g/mol. The molecule has 7 nitrogen and oxygen atoms in total. The molecule has 1 aliphatic carbocycles. The first-order chi connectivity index (χ1) is 16.6. The zero-order valence-corrected chi connectivity index (χ0v) is 22.2. The molecule has 0 spiro atoms. The largest absolute Gasteiger partial charge is 0.452 e. The molecule has 4 rings (SSSR count). The van der Waals surface area contributed by atoms with Crippen molar-refractivity contribution in [1.29, 1.82) is 0 Å².